The number of carbonyl (C=O) groups is 2. The highest BCUT2D eigenvalue weighted by molar-refractivity contribution is 5.96. The molecule has 0 spiro atoms. The number of alkyl carbamates (subject to hydrolysis) is 1. The highest BCUT2D eigenvalue weighted by Gasteiger charge is 2.28. The van der Waals surface area contributed by atoms with E-state index in [9.17, 15) is 14.7 Å². The van der Waals surface area contributed by atoms with Crippen LogP contribution < -0.4 is 11.1 Å². The summed E-state index contributed by atoms with van der Waals surface area (Å²) in [5.74, 6) is -1.03. The van der Waals surface area contributed by atoms with Crippen LogP contribution in [0.25, 0.3) is 17.2 Å². The lowest BCUT2D eigenvalue weighted by atomic mass is 9.98. The summed E-state index contributed by atoms with van der Waals surface area (Å²) in [5.41, 5.74) is 12.5. The third kappa shape index (κ3) is 4.75. The topological polar surface area (TPSA) is 102 Å². The average Bonchev–Trinajstić information content (AvgIpc) is 3.13. The fraction of sp³-hybridized carbons (Fsp3) is 0.185. The minimum absolute atomic E-state index is 0.0239. The van der Waals surface area contributed by atoms with E-state index >= 15 is 0 Å². The number of fused-ring (bicyclic) bond motifs is 3. The molecule has 1 amide bonds. The van der Waals surface area contributed by atoms with Crippen LogP contribution >= 0.6 is 0 Å². The molecule has 4 rings (SSSR count). The molecule has 0 heterocycles. The minimum Gasteiger partial charge on any atom is -0.478 e. The van der Waals surface area contributed by atoms with Gasteiger partial charge in [-0.2, -0.15) is 0 Å². The fourth-order valence-electron chi connectivity index (χ4n) is 4.26. The summed E-state index contributed by atoms with van der Waals surface area (Å²) in [6.45, 7) is 2.49. The van der Waals surface area contributed by atoms with Gasteiger partial charge in [-0.25, -0.2) is 9.59 Å². The van der Waals surface area contributed by atoms with Crippen molar-refractivity contribution in [3.63, 3.8) is 0 Å². The molecule has 6 nitrogen and oxygen atoms in total. The van der Waals surface area contributed by atoms with Crippen molar-refractivity contribution in [3.8, 4) is 11.1 Å². The lowest BCUT2D eigenvalue weighted by Gasteiger charge is -2.14. The van der Waals surface area contributed by atoms with Gasteiger partial charge < -0.3 is 20.9 Å². The summed E-state index contributed by atoms with van der Waals surface area (Å²) in [6.07, 6.45) is 3.71. The molecule has 0 saturated carbocycles. The quantitative estimate of drug-likeness (QED) is 0.344. The zero-order valence-corrected chi connectivity index (χ0v) is 18.4. The number of amides is 1. The first-order chi connectivity index (χ1) is 16.0. The fourth-order valence-corrected chi connectivity index (χ4v) is 4.26. The van der Waals surface area contributed by atoms with Gasteiger partial charge in [0.15, 0.2) is 0 Å². The van der Waals surface area contributed by atoms with E-state index in [4.69, 9.17) is 10.5 Å². The molecular formula is C27H26N2O4. The number of carbonyl (C=O) groups excluding carboxylic acids is 1. The Morgan fingerprint density at radius 3 is 2.33 bits per heavy atom. The molecule has 168 valence electrons. The molecule has 0 aromatic heterocycles. The molecule has 0 saturated heterocycles. The van der Waals surface area contributed by atoms with E-state index in [-0.39, 0.29) is 23.8 Å². The van der Waals surface area contributed by atoms with E-state index in [0.29, 0.717) is 18.5 Å². The summed E-state index contributed by atoms with van der Waals surface area (Å²) in [5, 5.41) is 12.0. The summed E-state index contributed by atoms with van der Waals surface area (Å²) < 4.78 is 5.52. The molecule has 33 heavy (non-hydrogen) atoms. The molecular weight excluding hydrogens is 416 g/mol. The zero-order valence-electron chi connectivity index (χ0n) is 18.4. The number of ether oxygens (including phenoxy) is 1. The number of carboxylic acids is 1. The SMILES string of the molecule is Cc1cc(C=CCCNC(=O)OCC2c3ccccc3-c3ccccc32)c(N)c(C(=O)O)c1. The maximum absolute atomic E-state index is 12.2. The van der Waals surface area contributed by atoms with Gasteiger partial charge >= 0.3 is 12.1 Å². The highest BCUT2D eigenvalue weighted by Crippen LogP contribution is 2.44. The molecule has 0 atom stereocenters. The molecule has 0 aliphatic heterocycles. The van der Waals surface area contributed by atoms with Gasteiger partial charge in [-0.05, 0) is 58.9 Å². The first-order valence-electron chi connectivity index (χ1n) is 10.8. The Labute approximate surface area is 192 Å². The third-order valence-corrected chi connectivity index (χ3v) is 5.81. The number of carboxylic acid groups (broad SMARTS) is 1. The van der Waals surface area contributed by atoms with Crippen LogP contribution in [0.1, 0.15) is 45.0 Å². The Hall–Kier alpha value is -4.06. The predicted octanol–water partition coefficient (Wildman–Crippen LogP) is 5.22. The highest BCUT2D eigenvalue weighted by atomic mass is 16.5. The number of hydrogen-bond acceptors (Lipinski definition) is 4. The Bertz CT molecular complexity index is 1190. The summed E-state index contributed by atoms with van der Waals surface area (Å²) in [6, 6.07) is 19.8. The van der Waals surface area contributed by atoms with Crippen molar-refractivity contribution >= 4 is 23.8 Å². The number of rotatable bonds is 7. The molecule has 1 aliphatic rings. The summed E-state index contributed by atoms with van der Waals surface area (Å²) >= 11 is 0. The van der Waals surface area contributed by atoms with Gasteiger partial charge in [0.1, 0.15) is 6.61 Å². The van der Waals surface area contributed by atoms with Gasteiger partial charge in [0.25, 0.3) is 0 Å². The smallest absolute Gasteiger partial charge is 0.407 e. The number of benzene rings is 3. The maximum Gasteiger partial charge on any atom is 0.407 e. The number of hydrogen-bond donors (Lipinski definition) is 3. The maximum atomic E-state index is 12.2. The van der Waals surface area contributed by atoms with Crippen molar-refractivity contribution in [1.82, 2.24) is 5.32 Å². The molecule has 3 aromatic rings. The summed E-state index contributed by atoms with van der Waals surface area (Å²) in [4.78, 5) is 23.5. The molecule has 6 heteroatoms. The molecule has 3 aromatic carbocycles. The van der Waals surface area contributed by atoms with Crippen molar-refractivity contribution < 1.29 is 19.4 Å². The molecule has 0 radical (unpaired) electrons. The van der Waals surface area contributed by atoms with Crippen molar-refractivity contribution in [2.45, 2.75) is 19.3 Å². The number of aryl methyl sites for hydroxylation is 1. The van der Waals surface area contributed by atoms with Crippen molar-refractivity contribution in [3.05, 3.63) is 94.6 Å². The lowest BCUT2D eigenvalue weighted by Crippen LogP contribution is -2.26. The second-order valence-corrected chi connectivity index (χ2v) is 8.06. The van der Waals surface area contributed by atoms with Crippen LogP contribution in [0, 0.1) is 6.92 Å². The Morgan fingerprint density at radius 1 is 1.06 bits per heavy atom. The minimum atomic E-state index is -1.05. The van der Waals surface area contributed by atoms with Crippen LogP contribution in [-0.4, -0.2) is 30.3 Å². The van der Waals surface area contributed by atoms with E-state index in [1.807, 2.05) is 43.3 Å². The summed E-state index contributed by atoms with van der Waals surface area (Å²) in [7, 11) is 0. The van der Waals surface area contributed by atoms with Crippen LogP contribution in [0.2, 0.25) is 0 Å². The van der Waals surface area contributed by atoms with E-state index in [0.717, 1.165) is 5.56 Å². The first-order valence-corrected chi connectivity index (χ1v) is 10.8. The monoisotopic (exact) mass is 442 g/mol. The molecule has 4 N–H and O–H groups in total. The largest absolute Gasteiger partial charge is 0.478 e. The van der Waals surface area contributed by atoms with Gasteiger partial charge in [-0.3, -0.25) is 0 Å². The zero-order chi connectivity index (χ0) is 23.4. The Morgan fingerprint density at radius 2 is 1.70 bits per heavy atom. The number of anilines is 1. The second-order valence-electron chi connectivity index (χ2n) is 8.06. The molecule has 0 unspecified atom stereocenters. The van der Waals surface area contributed by atoms with Crippen LogP contribution in [0.4, 0.5) is 10.5 Å². The third-order valence-electron chi connectivity index (χ3n) is 5.81. The Kier molecular flexibility index (Phi) is 6.45. The van der Waals surface area contributed by atoms with Gasteiger partial charge in [0.2, 0.25) is 0 Å². The van der Waals surface area contributed by atoms with Crippen molar-refractivity contribution in [1.29, 1.82) is 0 Å². The van der Waals surface area contributed by atoms with Crippen LogP contribution in [0.3, 0.4) is 0 Å². The molecule has 1 aliphatic carbocycles. The second kappa shape index (κ2) is 9.61. The van der Waals surface area contributed by atoms with Crippen LogP contribution in [0.5, 0.6) is 0 Å². The Balaban J connectivity index is 1.30. The van der Waals surface area contributed by atoms with E-state index in [2.05, 4.69) is 29.6 Å². The van der Waals surface area contributed by atoms with E-state index in [1.54, 1.807) is 12.1 Å². The predicted molar refractivity (Wildman–Crippen MR) is 129 cm³/mol. The van der Waals surface area contributed by atoms with Gasteiger partial charge in [0.05, 0.1) is 11.3 Å². The van der Waals surface area contributed by atoms with E-state index in [1.165, 1.54) is 22.3 Å². The van der Waals surface area contributed by atoms with Crippen molar-refractivity contribution in [2.75, 3.05) is 18.9 Å². The molecule has 0 bridgehead atoms. The lowest BCUT2D eigenvalue weighted by molar-refractivity contribution is 0.0697. The van der Waals surface area contributed by atoms with Gasteiger partial charge in [-0.15, -0.1) is 0 Å². The standard InChI is InChI=1S/C27H26N2O4/c1-17-14-18(25(28)23(15-17)26(30)31)8-6-7-13-29-27(32)33-16-24-21-11-4-2-9-19(21)20-10-3-5-12-22(20)24/h2-6,8-12,14-15,24H,7,13,16,28H2,1H3,(H,29,32)(H,30,31). The number of nitrogens with one attached hydrogen (secondary N) is 1. The number of nitrogen functional groups attached to an aromatic ring is 1. The van der Waals surface area contributed by atoms with Gasteiger partial charge in [-0.1, -0.05) is 60.7 Å². The van der Waals surface area contributed by atoms with Crippen LogP contribution in [0.15, 0.2) is 66.7 Å². The first kappa shape index (κ1) is 22.1. The van der Waals surface area contributed by atoms with E-state index < -0.39 is 12.1 Å². The van der Waals surface area contributed by atoms with Crippen molar-refractivity contribution in [2.24, 2.45) is 0 Å². The van der Waals surface area contributed by atoms with Crippen LogP contribution in [-0.2, 0) is 4.74 Å². The average molecular weight is 443 g/mol. The molecule has 0 fully saturated rings. The van der Waals surface area contributed by atoms with Gasteiger partial charge in [0, 0.05) is 12.5 Å². The number of nitrogens with two attached hydrogens (primary N) is 1. The number of aromatic carboxylic acids is 1. The normalized spacial score (nSPS) is 12.4.